The summed E-state index contributed by atoms with van der Waals surface area (Å²) >= 11 is 0. The number of aryl methyl sites for hydroxylation is 1. The van der Waals surface area contributed by atoms with Gasteiger partial charge in [0.25, 0.3) is 0 Å². The number of esters is 1. The fourth-order valence-corrected chi connectivity index (χ4v) is 4.61. The van der Waals surface area contributed by atoms with Crippen molar-refractivity contribution in [1.82, 2.24) is 4.90 Å². The molecule has 3 aromatic rings. The van der Waals surface area contributed by atoms with Crippen molar-refractivity contribution in [3.63, 3.8) is 0 Å². The predicted molar refractivity (Wildman–Crippen MR) is 120 cm³/mol. The molecule has 2 aliphatic rings. The van der Waals surface area contributed by atoms with Crippen LogP contribution in [0, 0.1) is 18.8 Å². The van der Waals surface area contributed by atoms with Crippen LogP contribution in [0.2, 0.25) is 0 Å². The summed E-state index contributed by atoms with van der Waals surface area (Å²) in [6, 6.07) is 13.8. The van der Waals surface area contributed by atoms with Gasteiger partial charge in [0.2, 0.25) is 17.2 Å². The largest absolute Gasteiger partial charge is 0.460 e. The molecule has 2 unspecified atom stereocenters. The van der Waals surface area contributed by atoms with E-state index in [1.807, 2.05) is 42.5 Å². The van der Waals surface area contributed by atoms with E-state index in [4.69, 9.17) is 9.15 Å². The number of benzene rings is 2. The summed E-state index contributed by atoms with van der Waals surface area (Å²) in [5, 5.41) is 0.362. The fourth-order valence-electron chi connectivity index (χ4n) is 4.61. The molecule has 33 heavy (non-hydrogen) atoms. The molecule has 2 amide bonds. The zero-order valence-corrected chi connectivity index (χ0v) is 17.9. The van der Waals surface area contributed by atoms with Crippen LogP contribution in [0.25, 0.3) is 22.1 Å². The van der Waals surface area contributed by atoms with E-state index in [0.717, 1.165) is 10.5 Å². The first-order valence-corrected chi connectivity index (χ1v) is 10.8. The molecule has 1 fully saturated rings. The summed E-state index contributed by atoms with van der Waals surface area (Å²) in [6.07, 6.45) is 4.80. The number of carbonyl (C=O) groups is 3. The highest BCUT2D eigenvalue weighted by Gasteiger charge is 2.47. The lowest BCUT2D eigenvalue weighted by molar-refractivity contribution is -0.148. The summed E-state index contributed by atoms with van der Waals surface area (Å²) in [4.78, 5) is 51.6. The molecule has 1 aliphatic heterocycles. The van der Waals surface area contributed by atoms with Crippen LogP contribution in [0.15, 0.2) is 69.9 Å². The number of imide groups is 1. The highest BCUT2D eigenvalue weighted by molar-refractivity contribution is 6.07. The van der Waals surface area contributed by atoms with Gasteiger partial charge < -0.3 is 9.15 Å². The standard InChI is InChI=1S/C26H21NO6/c1-15-23(16-7-3-2-4-8-16)24(29)20-12-11-17(13-21(20)32-15)33-22(28)14-27-25(30)18-9-5-6-10-19(18)26(27)31/h2-8,11-13,18-19H,9-10,14H2,1H3. The third-order valence-electron chi connectivity index (χ3n) is 6.22. The Balaban J connectivity index is 1.37. The lowest BCUT2D eigenvalue weighted by Gasteiger charge is -2.14. The average Bonchev–Trinajstić information content (AvgIpc) is 3.04. The molecule has 7 nitrogen and oxygen atoms in total. The Hall–Kier alpha value is -4.00. The number of rotatable bonds is 4. The zero-order valence-electron chi connectivity index (χ0n) is 17.9. The molecule has 1 aliphatic carbocycles. The number of allylic oxidation sites excluding steroid dienone is 2. The quantitative estimate of drug-likeness (QED) is 0.265. The number of likely N-dealkylation sites (tertiary alicyclic amines) is 1. The maximum absolute atomic E-state index is 13.1. The van der Waals surface area contributed by atoms with Crippen LogP contribution < -0.4 is 10.2 Å². The van der Waals surface area contributed by atoms with Gasteiger partial charge in [-0.1, -0.05) is 42.5 Å². The summed E-state index contributed by atoms with van der Waals surface area (Å²) in [6.45, 7) is 1.26. The van der Waals surface area contributed by atoms with Crippen molar-refractivity contribution in [2.24, 2.45) is 11.8 Å². The van der Waals surface area contributed by atoms with Gasteiger partial charge in [-0.25, -0.2) is 4.79 Å². The van der Waals surface area contributed by atoms with Gasteiger partial charge in [-0.15, -0.1) is 0 Å². The first-order valence-electron chi connectivity index (χ1n) is 10.8. The minimum atomic E-state index is -0.734. The first-order chi connectivity index (χ1) is 15.9. The van der Waals surface area contributed by atoms with Gasteiger partial charge in [0.15, 0.2) is 0 Å². The summed E-state index contributed by atoms with van der Waals surface area (Å²) in [7, 11) is 0. The fraction of sp³-hybridized carbons (Fsp3) is 0.231. The zero-order chi connectivity index (χ0) is 23.1. The third-order valence-corrected chi connectivity index (χ3v) is 6.22. The minimum absolute atomic E-state index is 0.167. The van der Waals surface area contributed by atoms with Crippen molar-refractivity contribution in [2.45, 2.75) is 19.8 Å². The molecular weight excluding hydrogens is 422 g/mol. The molecule has 0 bridgehead atoms. The third kappa shape index (κ3) is 3.65. The van der Waals surface area contributed by atoms with E-state index in [1.54, 1.807) is 13.0 Å². The highest BCUT2D eigenvalue weighted by Crippen LogP contribution is 2.35. The monoisotopic (exact) mass is 443 g/mol. The van der Waals surface area contributed by atoms with Crippen molar-refractivity contribution < 1.29 is 23.5 Å². The van der Waals surface area contributed by atoms with Crippen LogP contribution in [0.3, 0.4) is 0 Å². The highest BCUT2D eigenvalue weighted by atomic mass is 16.5. The van der Waals surface area contributed by atoms with Crippen molar-refractivity contribution >= 4 is 28.8 Å². The van der Waals surface area contributed by atoms with Gasteiger partial charge >= 0.3 is 5.97 Å². The van der Waals surface area contributed by atoms with Gasteiger partial charge in [-0.3, -0.25) is 19.3 Å². The van der Waals surface area contributed by atoms with E-state index < -0.39 is 24.3 Å². The Morgan fingerprint density at radius 2 is 1.67 bits per heavy atom. The number of fused-ring (bicyclic) bond motifs is 2. The molecule has 2 aromatic carbocycles. The maximum Gasteiger partial charge on any atom is 0.331 e. The Labute approximate surface area is 189 Å². The van der Waals surface area contributed by atoms with Crippen LogP contribution in [0.5, 0.6) is 5.75 Å². The van der Waals surface area contributed by atoms with Crippen LogP contribution in [0.4, 0.5) is 0 Å². The minimum Gasteiger partial charge on any atom is -0.460 e. The van der Waals surface area contributed by atoms with Gasteiger partial charge in [0.1, 0.15) is 23.6 Å². The second kappa shape index (κ2) is 8.16. The number of carbonyl (C=O) groups excluding carboxylic acids is 3. The van der Waals surface area contributed by atoms with Gasteiger partial charge in [0, 0.05) is 6.07 Å². The smallest absolute Gasteiger partial charge is 0.331 e. The number of hydrogen-bond acceptors (Lipinski definition) is 6. The van der Waals surface area contributed by atoms with Gasteiger partial charge in [-0.2, -0.15) is 0 Å². The lowest BCUT2D eigenvalue weighted by Crippen LogP contribution is -2.37. The molecule has 2 heterocycles. The Kier molecular flexibility index (Phi) is 5.17. The number of hydrogen-bond donors (Lipinski definition) is 0. The van der Waals surface area contributed by atoms with Crippen molar-refractivity contribution in [3.8, 4) is 16.9 Å². The Morgan fingerprint density at radius 3 is 2.33 bits per heavy atom. The Morgan fingerprint density at radius 1 is 1.00 bits per heavy atom. The Bertz CT molecular complexity index is 1340. The molecule has 0 N–H and O–H groups in total. The van der Waals surface area contributed by atoms with Crippen molar-refractivity contribution in [1.29, 1.82) is 0 Å². The molecule has 0 saturated carbocycles. The SMILES string of the molecule is Cc1oc2cc(OC(=O)CN3C(=O)C4CC=CCC4C3=O)ccc2c(=O)c1-c1ccccc1. The van der Waals surface area contributed by atoms with E-state index in [0.29, 0.717) is 29.6 Å². The molecule has 0 radical (unpaired) electrons. The second-order valence-electron chi connectivity index (χ2n) is 8.28. The molecule has 1 aromatic heterocycles. The summed E-state index contributed by atoms with van der Waals surface area (Å²) in [5.41, 5.74) is 1.35. The van der Waals surface area contributed by atoms with E-state index in [-0.39, 0.29) is 28.6 Å². The van der Waals surface area contributed by atoms with E-state index in [9.17, 15) is 19.2 Å². The van der Waals surface area contributed by atoms with Crippen molar-refractivity contribution in [3.05, 3.63) is 76.7 Å². The summed E-state index contributed by atoms with van der Waals surface area (Å²) in [5.74, 6) is -1.58. The van der Waals surface area contributed by atoms with Crippen LogP contribution >= 0.6 is 0 Å². The molecular formula is C26H21NO6. The van der Waals surface area contributed by atoms with Crippen LogP contribution in [0.1, 0.15) is 18.6 Å². The molecule has 0 spiro atoms. The van der Waals surface area contributed by atoms with Gasteiger partial charge in [-0.05, 0) is 37.5 Å². The van der Waals surface area contributed by atoms with E-state index in [1.165, 1.54) is 12.1 Å². The van der Waals surface area contributed by atoms with E-state index >= 15 is 0 Å². The lowest BCUT2D eigenvalue weighted by atomic mass is 9.85. The van der Waals surface area contributed by atoms with Crippen molar-refractivity contribution in [2.75, 3.05) is 6.54 Å². The summed E-state index contributed by atoms with van der Waals surface area (Å²) < 4.78 is 11.2. The number of nitrogens with zero attached hydrogens (tertiary/aromatic N) is 1. The normalized spacial score (nSPS) is 19.7. The molecule has 166 valence electrons. The second-order valence-corrected chi connectivity index (χ2v) is 8.28. The van der Waals surface area contributed by atoms with Crippen LogP contribution in [-0.2, 0) is 14.4 Å². The maximum atomic E-state index is 13.1. The topological polar surface area (TPSA) is 93.9 Å². The molecule has 1 saturated heterocycles. The van der Waals surface area contributed by atoms with Gasteiger partial charge in [0.05, 0.1) is 22.8 Å². The molecule has 5 rings (SSSR count). The number of amides is 2. The number of ether oxygens (including phenoxy) is 1. The predicted octanol–water partition coefficient (Wildman–Crippen LogP) is 3.63. The average molecular weight is 443 g/mol. The van der Waals surface area contributed by atoms with E-state index in [2.05, 4.69) is 0 Å². The van der Waals surface area contributed by atoms with Crippen LogP contribution in [-0.4, -0.2) is 29.2 Å². The first kappa shape index (κ1) is 20.9. The molecule has 7 heteroatoms. The molecule has 2 atom stereocenters.